The van der Waals surface area contributed by atoms with Crippen molar-refractivity contribution in [2.75, 3.05) is 18.6 Å². The van der Waals surface area contributed by atoms with Crippen molar-refractivity contribution in [3.05, 3.63) is 18.1 Å². The lowest BCUT2D eigenvalue weighted by Gasteiger charge is -2.55. The number of rotatable bonds is 4. The predicted molar refractivity (Wildman–Crippen MR) is 81.5 cm³/mol. The summed E-state index contributed by atoms with van der Waals surface area (Å²) < 4.78 is 7.63. The Bertz CT molecular complexity index is 651. The number of hydrogen-bond donors (Lipinski definition) is 0. The van der Waals surface area contributed by atoms with Gasteiger partial charge in [0.25, 0.3) is 5.78 Å². The highest BCUT2D eigenvalue weighted by Gasteiger charge is 2.51. The van der Waals surface area contributed by atoms with Gasteiger partial charge < -0.3 is 9.64 Å². The molecule has 1 aliphatic rings. The second-order valence-corrected chi connectivity index (χ2v) is 6.36. The van der Waals surface area contributed by atoms with Crippen molar-refractivity contribution in [3.63, 3.8) is 0 Å². The number of ether oxygens (including phenoxy) is 1. The molecule has 0 radical (unpaired) electrons. The lowest BCUT2D eigenvalue weighted by atomic mass is 9.64. The fourth-order valence-corrected chi connectivity index (χ4v) is 3.33. The molecule has 0 bridgehead atoms. The van der Waals surface area contributed by atoms with E-state index in [-0.39, 0.29) is 5.41 Å². The molecular formula is C15H23N5O. The molecule has 0 amide bonds. The maximum Gasteiger partial charge on any atom is 0.254 e. The van der Waals surface area contributed by atoms with Crippen LogP contribution in [0.4, 0.5) is 5.82 Å². The van der Waals surface area contributed by atoms with Crippen LogP contribution in [0, 0.1) is 12.3 Å². The quantitative estimate of drug-likeness (QED) is 0.862. The molecule has 1 saturated carbocycles. The molecule has 1 aliphatic carbocycles. The maximum atomic E-state index is 5.83. The van der Waals surface area contributed by atoms with Gasteiger partial charge in [-0.05, 0) is 20.3 Å². The summed E-state index contributed by atoms with van der Waals surface area (Å²) in [6.07, 6.45) is 2.91. The van der Waals surface area contributed by atoms with Crippen LogP contribution in [0.1, 0.15) is 32.9 Å². The number of fused-ring (bicyclic) bond motifs is 1. The number of aromatic nitrogens is 4. The molecule has 2 unspecified atom stereocenters. The molecule has 0 spiro atoms. The number of nitrogens with zero attached hydrogens (tertiary/aromatic N) is 5. The van der Waals surface area contributed by atoms with Crippen molar-refractivity contribution in [1.29, 1.82) is 0 Å². The average molecular weight is 289 g/mol. The van der Waals surface area contributed by atoms with Gasteiger partial charge in [-0.25, -0.2) is 4.98 Å². The molecule has 0 N–H and O–H groups in total. The summed E-state index contributed by atoms with van der Waals surface area (Å²) in [7, 11) is 2.12. The standard InChI is InChI=1S/C15H23N5O/c1-6-21-12-8-11(15(12,3)4)19(5)13-7-10(2)18-14-16-9-17-20(13)14/h7,9,11-12H,6,8H2,1-5H3. The minimum absolute atomic E-state index is 0.120. The molecule has 21 heavy (non-hydrogen) atoms. The molecular weight excluding hydrogens is 266 g/mol. The minimum Gasteiger partial charge on any atom is -0.378 e. The smallest absolute Gasteiger partial charge is 0.254 e. The lowest BCUT2D eigenvalue weighted by Crippen LogP contribution is -2.61. The van der Waals surface area contributed by atoms with Gasteiger partial charge in [0.05, 0.1) is 6.10 Å². The van der Waals surface area contributed by atoms with Crippen LogP contribution in [-0.4, -0.2) is 45.4 Å². The summed E-state index contributed by atoms with van der Waals surface area (Å²) >= 11 is 0. The summed E-state index contributed by atoms with van der Waals surface area (Å²) in [5.74, 6) is 1.68. The SMILES string of the molecule is CCOC1CC(N(C)c2cc(C)nc3ncnn23)C1(C)C. The second kappa shape index (κ2) is 4.94. The van der Waals surface area contributed by atoms with E-state index in [0.717, 1.165) is 24.5 Å². The molecule has 6 nitrogen and oxygen atoms in total. The average Bonchev–Trinajstić information content (AvgIpc) is 2.89. The van der Waals surface area contributed by atoms with Gasteiger partial charge in [0.2, 0.25) is 0 Å². The van der Waals surface area contributed by atoms with E-state index in [1.807, 2.05) is 6.92 Å². The van der Waals surface area contributed by atoms with Crippen molar-refractivity contribution in [2.24, 2.45) is 5.41 Å². The minimum atomic E-state index is 0.120. The molecule has 114 valence electrons. The van der Waals surface area contributed by atoms with Crippen LogP contribution >= 0.6 is 0 Å². The van der Waals surface area contributed by atoms with Crippen molar-refractivity contribution in [3.8, 4) is 0 Å². The Kier molecular flexibility index (Phi) is 3.36. The van der Waals surface area contributed by atoms with Crippen molar-refractivity contribution in [2.45, 2.75) is 46.3 Å². The normalized spacial score (nSPS) is 24.0. The molecule has 2 aromatic rings. The van der Waals surface area contributed by atoms with Gasteiger partial charge >= 0.3 is 0 Å². The first-order chi connectivity index (χ1) is 9.95. The Balaban J connectivity index is 1.91. The van der Waals surface area contributed by atoms with Gasteiger partial charge in [0.1, 0.15) is 12.1 Å². The van der Waals surface area contributed by atoms with Crippen LogP contribution < -0.4 is 4.90 Å². The Morgan fingerprint density at radius 2 is 2.24 bits per heavy atom. The van der Waals surface area contributed by atoms with Gasteiger partial charge in [-0.1, -0.05) is 13.8 Å². The Labute approximate surface area is 125 Å². The van der Waals surface area contributed by atoms with Gasteiger partial charge in [-0.15, -0.1) is 0 Å². The van der Waals surface area contributed by atoms with E-state index >= 15 is 0 Å². The largest absolute Gasteiger partial charge is 0.378 e. The molecule has 0 aliphatic heterocycles. The molecule has 2 aromatic heterocycles. The van der Waals surface area contributed by atoms with Gasteiger partial charge in [0, 0.05) is 36.9 Å². The molecule has 6 heteroatoms. The predicted octanol–water partition coefficient (Wildman–Crippen LogP) is 2.07. The highest BCUT2D eigenvalue weighted by atomic mass is 16.5. The summed E-state index contributed by atoms with van der Waals surface area (Å²) in [6.45, 7) is 9.35. The van der Waals surface area contributed by atoms with Gasteiger partial charge in [-0.2, -0.15) is 14.6 Å². The van der Waals surface area contributed by atoms with Crippen LogP contribution in [0.25, 0.3) is 5.78 Å². The van der Waals surface area contributed by atoms with Crippen molar-refractivity contribution < 1.29 is 4.74 Å². The van der Waals surface area contributed by atoms with E-state index in [1.54, 1.807) is 10.8 Å². The van der Waals surface area contributed by atoms with E-state index in [4.69, 9.17) is 4.74 Å². The monoisotopic (exact) mass is 289 g/mol. The zero-order valence-electron chi connectivity index (χ0n) is 13.4. The third kappa shape index (κ3) is 2.18. The van der Waals surface area contributed by atoms with Crippen molar-refractivity contribution >= 4 is 11.6 Å². The zero-order chi connectivity index (χ0) is 15.2. The van der Waals surface area contributed by atoms with E-state index in [2.05, 4.69) is 53.9 Å². The highest BCUT2D eigenvalue weighted by molar-refractivity contribution is 5.48. The van der Waals surface area contributed by atoms with E-state index in [0.29, 0.717) is 17.9 Å². The van der Waals surface area contributed by atoms with Crippen LogP contribution in [0.2, 0.25) is 0 Å². The fourth-order valence-electron chi connectivity index (χ4n) is 3.33. The summed E-state index contributed by atoms with van der Waals surface area (Å²) in [6, 6.07) is 2.48. The number of anilines is 1. The fraction of sp³-hybridized carbons (Fsp3) is 0.667. The van der Waals surface area contributed by atoms with Crippen LogP contribution in [0.3, 0.4) is 0 Å². The summed E-state index contributed by atoms with van der Waals surface area (Å²) in [5, 5.41) is 4.29. The topological polar surface area (TPSA) is 55.5 Å². The first-order valence-electron chi connectivity index (χ1n) is 7.47. The van der Waals surface area contributed by atoms with E-state index in [1.165, 1.54) is 0 Å². The second-order valence-electron chi connectivity index (χ2n) is 6.36. The summed E-state index contributed by atoms with van der Waals surface area (Å²) in [5.41, 5.74) is 1.07. The molecule has 3 rings (SSSR count). The molecule has 2 heterocycles. The van der Waals surface area contributed by atoms with Crippen LogP contribution in [0.15, 0.2) is 12.4 Å². The van der Waals surface area contributed by atoms with Crippen molar-refractivity contribution in [1.82, 2.24) is 19.6 Å². The first-order valence-corrected chi connectivity index (χ1v) is 7.47. The molecule has 0 saturated heterocycles. The van der Waals surface area contributed by atoms with E-state index in [9.17, 15) is 0 Å². The zero-order valence-corrected chi connectivity index (χ0v) is 13.4. The van der Waals surface area contributed by atoms with Gasteiger partial charge in [0.15, 0.2) is 0 Å². The summed E-state index contributed by atoms with van der Waals surface area (Å²) in [4.78, 5) is 10.9. The Hall–Kier alpha value is -1.69. The Morgan fingerprint density at radius 1 is 1.48 bits per heavy atom. The highest BCUT2D eigenvalue weighted by Crippen LogP contribution is 2.46. The molecule has 1 fully saturated rings. The number of aryl methyl sites for hydroxylation is 1. The third-order valence-corrected chi connectivity index (χ3v) is 4.68. The van der Waals surface area contributed by atoms with Gasteiger partial charge in [-0.3, -0.25) is 0 Å². The first kappa shape index (κ1) is 14.3. The van der Waals surface area contributed by atoms with E-state index < -0.39 is 0 Å². The molecule has 0 aromatic carbocycles. The number of hydrogen-bond acceptors (Lipinski definition) is 5. The molecule has 2 atom stereocenters. The maximum absolute atomic E-state index is 5.83. The van der Waals surface area contributed by atoms with Crippen LogP contribution in [0.5, 0.6) is 0 Å². The third-order valence-electron chi connectivity index (χ3n) is 4.68. The lowest BCUT2D eigenvalue weighted by molar-refractivity contribution is -0.104. The van der Waals surface area contributed by atoms with Crippen LogP contribution in [-0.2, 0) is 4.74 Å². The Morgan fingerprint density at radius 3 is 2.90 bits per heavy atom.